The van der Waals surface area contributed by atoms with Crippen LogP contribution in [-0.2, 0) is 4.74 Å². The van der Waals surface area contributed by atoms with Gasteiger partial charge in [-0.25, -0.2) is 8.78 Å². The number of aliphatic hydroxyl groups is 1. The molecule has 0 aromatic heterocycles. The van der Waals surface area contributed by atoms with Crippen molar-refractivity contribution in [3.63, 3.8) is 0 Å². The van der Waals surface area contributed by atoms with Gasteiger partial charge in [0.15, 0.2) is 6.10 Å². The van der Waals surface area contributed by atoms with Crippen molar-refractivity contribution in [1.82, 2.24) is 0 Å². The molecule has 1 heterocycles. The van der Waals surface area contributed by atoms with E-state index in [0.717, 1.165) is 0 Å². The van der Waals surface area contributed by atoms with Crippen LogP contribution in [0.25, 0.3) is 0 Å². The molecule has 1 aliphatic rings. The van der Waals surface area contributed by atoms with E-state index in [2.05, 4.69) is 0 Å². The minimum Gasteiger partial charge on any atom is -0.492 e. The lowest BCUT2D eigenvalue weighted by Gasteiger charge is -2.19. The molecule has 1 N–H and O–H groups in total. The quantitative estimate of drug-likeness (QED) is 0.697. The van der Waals surface area contributed by atoms with Crippen LogP contribution < -0.4 is 0 Å². The maximum atomic E-state index is 12.5. The topological polar surface area (TPSA) is 29.5 Å². The van der Waals surface area contributed by atoms with E-state index in [0.29, 0.717) is 13.3 Å². The Balaban J connectivity index is 2.60. The molecule has 0 aliphatic carbocycles. The molecular weight excluding hydrogens is 166 g/mol. The van der Waals surface area contributed by atoms with Crippen LogP contribution in [0.4, 0.5) is 8.78 Å². The van der Waals surface area contributed by atoms with E-state index >= 15 is 0 Å². The van der Waals surface area contributed by atoms with E-state index < -0.39 is 12.0 Å². The summed E-state index contributed by atoms with van der Waals surface area (Å²) in [7, 11) is 0. The second-order valence-corrected chi connectivity index (χ2v) is 3.13. The first-order chi connectivity index (χ1) is 5.41. The molecule has 12 heavy (non-hydrogen) atoms. The third kappa shape index (κ3) is 1.94. The van der Waals surface area contributed by atoms with Gasteiger partial charge in [-0.1, -0.05) is 0 Å². The van der Waals surface area contributed by atoms with Crippen molar-refractivity contribution < 1.29 is 18.6 Å². The van der Waals surface area contributed by atoms with E-state index in [4.69, 9.17) is 9.84 Å². The minimum absolute atomic E-state index is 0.00463. The van der Waals surface area contributed by atoms with Gasteiger partial charge in [0.25, 0.3) is 5.92 Å². The van der Waals surface area contributed by atoms with Crippen LogP contribution in [0, 0.1) is 0 Å². The molecule has 2 unspecified atom stereocenters. The number of ether oxygens (including phenoxy) is 1. The molecule has 0 aromatic rings. The number of hydrogen-bond acceptors (Lipinski definition) is 2. The maximum absolute atomic E-state index is 12.5. The molecule has 0 amide bonds. The summed E-state index contributed by atoms with van der Waals surface area (Å²) in [4.78, 5) is 0. The standard InChI is InChI=1S/C8H12F2O2/c1-5-3-4-6(12-5)7(11)8(2,9)10/h4-5,7,11H,3H2,1-2H3. The number of rotatable bonds is 2. The average Bonchev–Trinajstić information content (AvgIpc) is 2.32. The summed E-state index contributed by atoms with van der Waals surface area (Å²) < 4.78 is 30.0. The lowest BCUT2D eigenvalue weighted by Crippen LogP contribution is -2.32. The second-order valence-electron chi connectivity index (χ2n) is 3.13. The Morgan fingerprint density at radius 3 is 2.67 bits per heavy atom. The summed E-state index contributed by atoms with van der Waals surface area (Å²) >= 11 is 0. The molecular formula is C8H12F2O2. The van der Waals surface area contributed by atoms with Crippen LogP contribution >= 0.6 is 0 Å². The van der Waals surface area contributed by atoms with Crippen LogP contribution in [-0.4, -0.2) is 23.2 Å². The molecule has 1 rings (SSSR count). The van der Waals surface area contributed by atoms with E-state index in [1.807, 2.05) is 0 Å². The highest BCUT2D eigenvalue weighted by atomic mass is 19.3. The Morgan fingerprint density at radius 2 is 2.33 bits per heavy atom. The molecule has 4 heteroatoms. The second kappa shape index (κ2) is 3.01. The van der Waals surface area contributed by atoms with Crippen LogP contribution in [0.3, 0.4) is 0 Å². The summed E-state index contributed by atoms with van der Waals surface area (Å²) in [6.45, 7) is 2.44. The van der Waals surface area contributed by atoms with Crippen molar-refractivity contribution in [1.29, 1.82) is 0 Å². The van der Waals surface area contributed by atoms with Gasteiger partial charge in [-0.3, -0.25) is 0 Å². The first kappa shape index (κ1) is 9.45. The Hall–Kier alpha value is -0.640. The highest BCUT2D eigenvalue weighted by molar-refractivity contribution is 5.09. The normalized spacial score (nSPS) is 26.4. The monoisotopic (exact) mass is 178 g/mol. The number of hydrogen-bond donors (Lipinski definition) is 1. The van der Waals surface area contributed by atoms with Gasteiger partial charge in [-0.15, -0.1) is 0 Å². The summed E-state index contributed by atoms with van der Waals surface area (Å²) in [6.07, 6.45) is 0.189. The number of halogens is 2. The van der Waals surface area contributed by atoms with Crippen LogP contribution in [0.15, 0.2) is 11.8 Å². The van der Waals surface area contributed by atoms with Gasteiger partial charge in [-0.2, -0.15) is 0 Å². The third-order valence-electron chi connectivity index (χ3n) is 1.74. The summed E-state index contributed by atoms with van der Waals surface area (Å²) in [5.74, 6) is -3.13. The molecule has 0 bridgehead atoms. The van der Waals surface area contributed by atoms with E-state index in [-0.39, 0.29) is 11.9 Å². The molecule has 0 radical (unpaired) electrons. The zero-order valence-corrected chi connectivity index (χ0v) is 7.05. The molecule has 0 spiro atoms. The molecule has 0 saturated heterocycles. The van der Waals surface area contributed by atoms with Crippen molar-refractivity contribution in [2.45, 2.75) is 38.4 Å². The van der Waals surface area contributed by atoms with Gasteiger partial charge >= 0.3 is 0 Å². The van der Waals surface area contributed by atoms with Crippen molar-refractivity contribution >= 4 is 0 Å². The fraction of sp³-hybridized carbons (Fsp3) is 0.750. The molecule has 1 aliphatic heterocycles. The highest BCUT2D eigenvalue weighted by Gasteiger charge is 2.38. The van der Waals surface area contributed by atoms with E-state index in [1.165, 1.54) is 6.08 Å². The van der Waals surface area contributed by atoms with Gasteiger partial charge in [-0.05, 0) is 13.0 Å². The average molecular weight is 178 g/mol. The molecule has 2 atom stereocenters. The van der Waals surface area contributed by atoms with Crippen molar-refractivity contribution in [3.8, 4) is 0 Å². The van der Waals surface area contributed by atoms with Crippen molar-refractivity contribution in [2.24, 2.45) is 0 Å². The van der Waals surface area contributed by atoms with Gasteiger partial charge in [0.05, 0.1) is 6.10 Å². The van der Waals surface area contributed by atoms with Gasteiger partial charge in [0.1, 0.15) is 5.76 Å². The summed E-state index contributed by atoms with van der Waals surface area (Å²) in [5.41, 5.74) is 0. The van der Waals surface area contributed by atoms with Gasteiger partial charge in [0, 0.05) is 13.3 Å². The van der Waals surface area contributed by atoms with Crippen molar-refractivity contribution in [3.05, 3.63) is 11.8 Å². The maximum Gasteiger partial charge on any atom is 0.277 e. The predicted molar refractivity (Wildman–Crippen MR) is 39.9 cm³/mol. The Labute approximate surface area is 69.8 Å². The predicted octanol–water partition coefficient (Wildman–Crippen LogP) is 1.70. The van der Waals surface area contributed by atoms with Gasteiger partial charge < -0.3 is 9.84 Å². The number of alkyl halides is 2. The van der Waals surface area contributed by atoms with Crippen LogP contribution in [0.1, 0.15) is 20.3 Å². The van der Waals surface area contributed by atoms with Crippen LogP contribution in [0.5, 0.6) is 0 Å². The highest BCUT2D eigenvalue weighted by Crippen LogP contribution is 2.28. The lowest BCUT2D eigenvalue weighted by atomic mass is 10.2. The first-order valence-corrected chi connectivity index (χ1v) is 3.84. The zero-order chi connectivity index (χ0) is 9.35. The fourth-order valence-corrected chi connectivity index (χ4v) is 1.04. The molecule has 0 aromatic carbocycles. The van der Waals surface area contributed by atoms with E-state index in [1.54, 1.807) is 6.92 Å². The third-order valence-corrected chi connectivity index (χ3v) is 1.74. The number of aliphatic hydroxyl groups excluding tert-OH is 1. The Kier molecular flexibility index (Phi) is 2.37. The molecule has 0 saturated carbocycles. The molecule has 70 valence electrons. The van der Waals surface area contributed by atoms with Crippen LogP contribution in [0.2, 0.25) is 0 Å². The molecule has 0 fully saturated rings. The van der Waals surface area contributed by atoms with E-state index in [9.17, 15) is 8.78 Å². The SMILES string of the molecule is CC1CC=C(C(O)C(C)(F)F)O1. The fourth-order valence-electron chi connectivity index (χ4n) is 1.04. The first-order valence-electron chi connectivity index (χ1n) is 3.84. The zero-order valence-electron chi connectivity index (χ0n) is 7.05. The lowest BCUT2D eigenvalue weighted by molar-refractivity contribution is -0.0969. The Bertz CT molecular complexity index is 196. The Morgan fingerprint density at radius 1 is 1.75 bits per heavy atom. The largest absolute Gasteiger partial charge is 0.492 e. The molecule has 2 nitrogen and oxygen atoms in total. The minimum atomic E-state index is -3.13. The van der Waals surface area contributed by atoms with Crippen molar-refractivity contribution in [2.75, 3.05) is 0 Å². The van der Waals surface area contributed by atoms with Gasteiger partial charge in [0.2, 0.25) is 0 Å². The summed E-state index contributed by atoms with van der Waals surface area (Å²) in [6, 6.07) is 0. The smallest absolute Gasteiger partial charge is 0.277 e. The summed E-state index contributed by atoms with van der Waals surface area (Å²) in [5, 5.41) is 9.06.